The van der Waals surface area contributed by atoms with E-state index in [4.69, 9.17) is 0 Å². The summed E-state index contributed by atoms with van der Waals surface area (Å²) in [6.07, 6.45) is 0. The van der Waals surface area contributed by atoms with Crippen molar-refractivity contribution in [3.63, 3.8) is 0 Å². The second-order valence-corrected chi connectivity index (χ2v) is 6.21. The van der Waals surface area contributed by atoms with Crippen LogP contribution in [0.25, 0.3) is 0 Å². The van der Waals surface area contributed by atoms with Crippen LogP contribution in [0.2, 0.25) is 0 Å². The van der Waals surface area contributed by atoms with Crippen molar-refractivity contribution < 1.29 is 9.18 Å². The van der Waals surface area contributed by atoms with Gasteiger partial charge in [-0.3, -0.25) is 4.79 Å². The number of hydrogen-bond acceptors (Lipinski definition) is 2. The second-order valence-electron chi connectivity index (χ2n) is 6.21. The molecule has 0 atom stereocenters. The molecule has 1 amide bonds. The summed E-state index contributed by atoms with van der Waals surface area (Å²) < 4.78 is 13.1. The maximum absolute atomic E-state index is 13.1. The van der Waals surface area contributed by atoms with Crippen LogP contribution in [0.15, 0.2) is 53.5 Å². The van der Waals surface area contributed by atoms with Gasteiger partial charge in [0.2, 0.25) is 0 Å². The summed E-state index contributed by atoms with van der Waals surface area (Å²) in [5.74, 6) is 0.465. The topological polar surface area (TPSA) is 56.7 Å². The molecule has 0 heterocycles. The van der Waals surface area contributed by atoms with Crippen LogP contribution in [0.3, 0.4) is 0 Å². The third-order valence-corrected chi connectivity index (χ3v) is 3.99. The van der Waals surface area contributed by atoms with Crippen LogP contribution in [0.1, 0.15) is 35.3 Å². The van der Waals surface area contributed by atoms with Gasteiger partial charge in [0.15, 0.2) is 5.96 Å². The standard InChI is InChI=1S/C21H27FN4O.HI/c1-4-23-20(27)18-10-6-16(7-11-18)14-25-21(24-5-2)26(3)15-17-8-12-19(22)13-9-17;/h6-13H,4-5,14-15H2,1-3H3,(H,23,27)(H,24,25);1H. The van der Waals surface area contributed by atoms with Crippen molar-refractivity contribution in [3.8, 4) is 0 Å². The number of carbonyl (C=O) groups is 1. The molecule has 5 nitrogen and oxygen atoms in total. The first-order valence-corrected chi connectivity index (χ1v) is 9.14. The van der Waals surface area contributed by atoms with Gasteiger partial charge in [0.05, 0.1) is 6.54 Å². The molecule has 0 aliphatic rings. The van der Waals surface area contributed by atoms with Gasteiger partial charge < -0.3 is 15.5 Å². The second kappa shape index (κ2) is 12.3. The van der Waals surface area contributed by atoms with E-state index in [1.807, 2.05) is 50.1 Å². The van der Waals surface area contributed by atoms with Gasteiger partial charge in [-0.15, -0.1) is 24.0 Å². The summed E-state index contributed by atoms with van der Waals surface area (Å²) in [5.41, 5.74) is 2.68. The lowest BCUT2D eigenvalue weighted by Gasteiger charge is -2.22. The van der Waals surface area contributed by atoms with Gasteiger partial charge in [0.25, 0.3) is 5.91 Å². The molecular formula is C21H28FIN4O. The number of carbonyl (C=O) groups excluding carboxylic acids is 1. The zero-order valence-corrected chi connectivity index (χ0v) is 18.9. The van der Waals surface area contributed by atoms with Crippen molar-refractivity contribution in [3.05, 3.63) is 71.0 Å². The Labute approximate surface area is 183 Å². The first-order valence-electron chi connectivity index (χ1n) is 9.14. The maximum Gasteiger partial charge on any atom is 0.251 e. The van der Waals surface area contributed by atoms with Crippen molar-refractivity contribution >= 4 is 35.8 Å². The fourth-order valence-corrected chi connectivity index (χ4v) is 2.60. The fraction of sp³-hybridized carbons (Fsp3) is 0.333. The number of guanidine groups is 1. The summed E-state index contributed by atoms with van der Waals surface area (Å²) in [6.45, 7) is 6.40. The lowest BCUT2D eigenvalue weighted by Crippen LogP contribution is -2.38. The van der Waals surface area contributed by atoms with Gasteiger partial charge in [-0.1, -0.05) is 24.3 Å². The lowest BCUT2D eigenvalue weighted by atomic mass is 10.1. The zero-order chi connectivity index (χ0) is 19.6. The van der Waals surface area contributed by atoms with Crippen LogP contribution in [-0.2, 0) is 13.1 Å². The quantitative estimate of drug-likeness (QED) is 0.347. The molecule has 2 aromatic rings. The summed E-state index contributed by atoms with van der Waals surface area (Å²) in [7, 11) is 1.95. The van der Waals surface area contributed by atoms with Crippen LogP contribution < -0.4 is 10.6 Å². The molecule has 152 valence electrons. The highest BCUT2D eigenvalue weighted by atomic mass is 127. The Bertz CT molecular complexity index is 763. The van der Waals surface area contributed by atoms with Gasteiger partial charge in [-0.25, -0.2) is 9.38 Å². The molecule has 0 saturated carbocycles. The maximum atomic E-state index is 13.1. The van der Waals surface area contributed by atoms with E-state index in [0.717, 1.165) is 23.6 Å². The highest BCUT2D eigenvalue weighted by molar-refractivity contribution is 14.0. The molecule has 0 radical (unpaired) electrons. The van der Waals surface area contributed by atoms with E-state index in [1.54, 1.807) is 12.1 Å². The van der Waals surface area contributed by atoms with Crippen molar-refractivity contribution in [2.75, 3.05) is 20.1 Å². The van der Waals surface area contributed by atoms with Crippen molar-refractivity contribution in [1.29, 1.82) is 0 Å². The largest absolute Gasteiger partial charge is 0.357 e. The van der Waals surface area contributed by atoms with Crippen LogP contribution in [0.5, 0.6) is 0 Å². The van der Waals surface area contributed by atoms with Crippen molar-refractivity contribution in [2.45, 2.75) is 26.9 Å². The molecule has 0 spiro atoms. The van der Waals surface area contributed by atoms with E-state index in [0.29, 0.717) is 25.2 Å². The Morgan fingerprint density at radius 1 is 0.964 bits per heavy atom. The Kier molecular flexibility index (Phi) is 10.5. The number of hydrogen-bond donors (Lipinski definition) is 2. The zero-order valence-electron chi connectivity index (χ0n) is 16.5. The van der Waals surface area contributed by atoms with E-state index in [-0.39, 0.29) is 35.7 Å². The molecule has 2 aromatic carbocycles. The molecule has 0 bridgehead atoms. The minimum atomic E-state index is -0.238. The average Bonchev–Trinajstić information content (AvgIpc) is 2.67. The molecule has 0 saturated heterocycles. The summed E-state index contributed by atoms with van der Waals surface area (Å²) in [6, 6.07) is 13.9. The SMILES string of the molecule is CCNC(=O)c1ccc(CN=C(NCC)N(C)Cc2ccc(F)cc2)cc1.I. The third kappa shape index (κ3) is 7.46. The number of rotatable bonds is 7. The molecule has 28 heavy (non-hydrogen) atoms. The van der Waals surface area contributed by atoms with Crippen molar-refractivity contribution in [1.82, 2.24) is 15.5 Å². The molecule has 0 aromatic heterocycles. The summed E-state index contributed by atoms with van der Waals surface area (Å²) in [5, 5.41) is 6.05. The monoisotopic (exact) mass is 498 g/mol. The summed E-state index contributed by atoms with van der Waals surface area (Å²) >= 11 is 0. The number of amides is 1. The molecule has 0 aliphatic heterocycles. The predicted molar refractivity (Wildman–Crippen MR) is 123 cm³/mol. The van der Waals surface area contributed by atoms with E-state index < -0.39 is 0 Å². The molecule has 0 unspecified atom stereocenters. The van der Waals surface area contributed by atoms with Crippen molar-refractivity contribution in [2.24, 2.45) is 4.99 Å². The van der Waals surface area contributed by atoms with Crippen LogP contribution in [0.4, 0.5) is 4.39 Å². The lowest BCUT2D eigenvalue weighted by molar-refractivity contribution is 0.0956. The van der Waals surface area contributed by atoms with E-state index in [1.165, 1.54) is 12.1 Å². The number of benzene rings is 2. The van der Waals surface area contributed by atoms with Crippen LogP contribution in [0, 0.1) is 5.82 Å². The number of aliphatic imine (C=N–C) groups is 1. The molecule has 7 heteroatoms. The smallest absolute Gasteiger partial charge is 0.251 e. The van der Waals surface area contributed by atoms with Crippen LogP contribution in [-0.4, -0.2) is 36.9 Å². The molecule has 0 aliphatic carbocycles. The van der Waals surface area contributed by atoms with E-state index >= 15 is 0 Å². The van der Waals surface area contributed by atoms with E-state index in [2.05, 4.69) is 15.6 Å². The Balaban J connectivity index is 0.00000392. The van der Waals surface area contributed by atoms with Gasteiger partial charge >= 0.3 is 0 Å². The van der Waals surface area contributed by atoms with E-state index in [9.17, 15) is 9.18 Å². The molecule has 2 N–H and O–H groups in total. The Morgan fingerprint density at radius 3 is 2.11 bits per heavy atom. The summed E-state index contributed by atoms with van der Waals surface area (Å²) in [4.78, 5) is 18.5. The van der Waals surface area contributed by atoms with Gasteiger partial charge in [0.1, 0.15) is 5.82 Å². The number of nitrogens with one attached hydrogen (secondary N) is 2. The Morgan fingerprint density at radius 2 is 1.54 bits per heavy atom. The number of nitrogens with zero attached hydrogens (tertiary/aromatic N) is 2. The van der Waals surface area contributed by atoms with Gasteiger partial charge in [-0.2, -0.15) is 0 Å². The first kappa shape index (κ1) is 23.9. The minimum absolute atomic E-state index is 0. The van der Waals surface area contributed by atoms with Crippen LogP contribution >= 0.6 is 24.0 Å². The highest BCUT2D eigenvalue weighted by Gasteiger charge is 2.07. The highest BCUT2D eigenvalue weighted by Crippen LogP contribution is 2.08. The predicted octanol–water partition coefficient (Wildman–Crippen LogP) is 3.79. The fourth-order valence-electron chi connectivity index (χ4n) is 2.60. The van der Waals surface area contributed by atoms with Gasteiger partial charge in [-0.05, 0) is 49.2 Å². The number of halogens is 2. The molecule has 0 fully saturated rings. The van der Waals surface area contributed by atoms with Gasteiger partial charge in [0, 0.05) is 32.2 Å². The first-order chi connectivity index (χ1) is 13.0. The third-order valence-electron chi connectivity index (χ3n) is 3.99. The Hall–Kier alpha value is -2.16. The molecular weight excluding hydrogens is 470 g/mol. The average molecular weight is 498 g/mol. The molecule has 2 rings (SSSR count). The normalized spacial score (nSPS) is 10.8. The minimum Gasteiger partial charge on any atom is -0.357 e.